The number of nitrogens with zero attached hydrogens (tertiary/aromatic N) is 2. The zero-order valence-corrected chi connectivity index (χ0v) is 16.7. The predicted octanol–water partition coefficient (Wildman–Crippen LogP) is 3.16. The topological polar surface area (TPSA) is 71.5 Å². The van der Waals surface area contributed by atoms with Gasteiger partial charge in [-0.2, -0.15) is 0 Å². The summed E-state index contributed by atoms with van der Waals surface area (Å²) >= 11 is 1.24. The molecule has 0 saturated carbocycles. The van der Waals surface area contributed by atoms with Gasteiger partial charge in [-0.1, -0.05) is 0 Å². The van der Waals surface area contributed by atoms with Gasteiger partial charge in [0.1, 0.15) is 28.1 Å². The molecule has 0 unspecified atom stereocenters. The van der Waals surface area contributed by atoms with E-state index in [1.807, 2.05) is 20.8 Å². The van der Waals surface area contributed by atoms with Crippen LogP contribution in [-0.2, 0) is 11.4 Å². The van der Waals surface area contributed by atoms with Crippen molar-refractivity contribution < 1.29 is 18.7 Å². The van der Waals surface area contributed by atoms with Crippen molar-refractivity contribution in [2.75, 3.05) is 13.1 Å². The quantitative estimate of drug-likeness (QED) is 0.748. The van der Waals surface area contributed by atoms with E-state index in [0.717, 1.165) is 0 Å². The van der Waals surface area contributed by atoms with Crippen LogP contribution in [0.3, 0.4) is 0 Å². The molecule has 0 saturated heterocycles. The first kappa shape index (κ1) is 20.8. The number of likely N-dealkylation sites (N-methyl/N-ethyl adjacent to an activating group) is 1. The van der Waals surface area contributed by atoms with E-state index in [2.05, 4.69) is 10.3 Å². The lowest BCUT2D eigenvalue weighted by molar-refractivity contribution is -0.122. The van der Waals surface area contributed by atoms with Gasteiger partial charge >= 0.3 is 0 Å². The van der Waals surface area contributed by atoms with E-state index >= 15 is 0 Å². The van der Waals surface area contributed by atoms with Crippen molar-refractivity contribution in [3.63, 3.8) is 0 Å². The van der Waals surface area contributed by atoms with Crippen LogP contribution in [-0.4, -0.2) is 40.8 Å². The van der Waals surface area contributed by atoms with Gasteiger partial charge in [0.15, 0.2) is 0 Å². The Morgan fingerprint density at radius 2 is 1.96 bits per heavy atom. The molecule has 1 aromatic carbocycles. The highest BCUT2D eigenvalue weighted by Gasteiger charge is 2.22. The molecule has 0 aliphatic rings. The average Bonchev–Trinajstić information content (AvgIpc) is 2.98. The number of carbonyl (C=O) groups excluding carboxylic acids is 2. The summed E-state index contributed by atoms with van der Waals surface area (Å²) in [5.41, 5.74) is 0.602. The number of thiazole rings is 1. The normalized spacial score (nSPS) is 10.7. The van der Waals surface area contributed by atoms with Gasteiger partial charge in [0.05, 0.1) is 12.2 Å². The number of hydrogen-bond acceptors (Lipinski definition) is 5. The highest BCUT2D eigenvalue weighted by molar-refractivity contribution is 7.13. The van der Waals surface area contributed by atoms with E-state index in [1.54, 1.807) is 6.92 Å². The van der Waals surface area contributed by atoms with E-state index in [-0.39, 0.29) is 36.8 Å². The first-order valence-corrected chi connectivity index (χ1v) is 9.55. The van der Waals surface area contributed by atoms with Gasteiger partial charge < -0.3 is 15.0 Å². The van der Waals surface area contributed by atoms with Crippen LogP contribution in [0.5, 0.6) is 5.75 Å². The van der Waals surface area contributed by atoms with E-state index in [4.69, 9.17) is 4.74 Å². The fraction of sp³-hybridized carbons (Fsp3) is 0.421. The molecule has 0 fully saturated rings. The number of halogens is 1. The van der Waals surface area contributed by atoms with Gasteiger partial charge in [-0.25, -0.2) is 9.37 Å². The maximum absolute atomic E-state index is 12.9. The van der Waals surface area contributed by atoms with Crippen molar-refractivity contribution in [2.45, 2.75) is 40.3 Å². The van der Waals surface area contributed by atoms with Crippen LogP contribution < -0.4 is 10.1 Å². The van der Waals surface area contributed by atoms with E-state index in [0.29, 0.717) is 27.9 Å². The first-order valence-electron chi connectivity index (χ1n) is 8.73. The molecule has 0 aliphatic heterocycles. The smallest absolute Gasteiger partial charge is 0.266 e. The van der Waals surface area contributed by atoms with Gasteiger partial charge in [-0.05, 0) is 52.0 Å². The summed E-state index contributed by atoms with van der Waals surface area (Å²) in [4.78, 5) is 31.1. The van der Waals surface area contributed by atoms with Crippen LogP contribution in [0.25, 0.3) is 0 Å². The van der Waals surface area contributed by atoms with Crippen molar-refractivity contribution in [1.82, 2.24) is 15.2 Å². The van der Waals surface area contributed by atoms with Crippen molar-refractivity contribution >= 4 is 23.2 Å². The van der Waals surface area contributed by atoms with Crippen LogP contribution in [0.15, 0.2) is 24.3 Å². The molecule has 0 atom stereocenters. The Hall–Kier alpha value is -2.48. The number of amides is 2. The van der Waals surface area contributed by atoms with Gasteiger partial charge in [0, 0.05) is 12.6 Å². The Morgan fingerprint density at radius 3 is 2.56 bits per heavy atom. The Bertz CT molecular complexity index is 790. The zero-order valence-electron chi connectivity index (χ0n) is 15.9. The second-order valence-corrected chi connectivity index (χ2v) is 7.39. The highest BCUT2D eigenvalue weighted by Crippen LogP contribution is 2.22. The fourth-order valence-corrected chi connectivity index (χ4v) is 3.35. The molecule has 0 spiro atoms. The molecular weight excluding hydrogens is 369 g/mol. The largest absolute Gasteiger partial charge is 0.486 e. The number of carbonyl (C=O) groups is 2. The Labute approximate surface area is 162 Å². The number of hydrogen-bond donors (Lipinski definition) is 1. The number of ether oxygens (including phenoxy) is 1. The lowest BCUT2D eigenvalue weighted by atomic mass is 10.3. The predicted molar refractivity (Wildman–Crippen MR) is 102 cm³/mol. The van der Waals surface area contributed by atoms with Crippen LogP contribution in [0.4, 0.5) is 4.39 Å². The summed E-state index contributed by atoms with van der Waals surface area (Å²) in [6, 6.07) is 5.73. The minimum atomic E-state index is -0.332. The Morgan fingerprint density at radius 1 is 1.30 bits per heavy atom. The van der Waals surface area contributed by atoms with Crippen LogP contribution in [0.2, 0.25) is 0 Å². The molecule has 27 heavy (non-hydrogen) atoms. The zero-order chi connectivity index (χ0) is 20.0. The fourth-order valence-electron chi connectivity index (χ4n) is 2.40. The molecule has 6 nitrogen and oxygen atoms in total. The monoisotopic (exact) mass is 393 g/mol. The van der Waals surface area contributed by atoms with Crippen molar-refractivity contribution in [3.8, 4) is 5.75 Å². The second-order valence-electron chi connectivity index (χ2n) is 6.31. The van der Waals surface area contributed by atoms with Gasteiger partial charge in [-0.3, -0.25) is 9.59 Å². The maximum Gasteiger partial charge on any atom is 0.266 e. The standard InChI is InChI=1S/C19H24FN3O3S/c1-5-23(10-16(24)21-12(2)3)19(25)18-13(4)22-17(27-18)11-26-15-8-6-14(20)7-9-15/h6-9,12H,5,10-11H2,1-4H3,(H,21,24). The molecule has 0 bridgehead atoms. The summed E-state index contributed by atoms with van der Waals surface area (Å²) in [6.45, 7) is 7.94. The second kappa shape index (κ2) is 9.45. The molecule has 2 rings (SSSR count). The average molecular weight is 393 g/mol. The lowest BCUT2D eigenvalue weighted by Crippen LogP contribution is -2.42. The highest BCUT2D eigenvalue weighted by atomic mass is 32.1. The summed E-state index contributed by atoms with van der Waals surface area (Å²) in [7, 11) is 0. The minimum Gasteiger partial charge on any atom is -0.486 e. The van der Waals surface area contributed by atoms with Crippen LogP contribution in [0.1, 0.15) is 41.1 Å². The van der Waals surface area contributed by atoms with Crippen molar-refractivity contribution in [1.29, 1.82) is 0 Å². The van der Waals surface area contributed by atoms with Crippen LogP contribution >= 0.6 is 11.3 Å². The molecule has 1 N–H and O–H groups in total. The number of nitrogens with one attached hydrogen (secondary N) is 1. The summed E-state index contributed by atoms with van der Waals surface area (Å²) in [5, 5.41) is 3.43. The van der Waals surface area contributed by atoms with Gasteiger partial charge in [-0.15, -0.1) is 11.3 Å². The minimum absolute atomic E-state index is 0.00622. The van der Waals surface area contributed by atoms with E-state index in [9.17, 15) is 14.0 Å². The molecule has 2 amide bonds. The SMILES string of the molecule is CCN(CC(=O)NC(C)C)C(=O)c1sc(COc2ccc(F)cc2)nc1C. The molecule has 8 heteroatoms. The number of rotatable bonds is 8. The first-order chi connectivity index (χ1) is 12.8. The summed E-state index contributed by atoms with van der Waals surface area (Å²) in [6.07, 6.45) is 0. The summed E-state index contributed by atoms with van der Waals surface area (Å²) < 4.78 is 18.5. The molecule has 146 valence electrons. The van der Waals surface area contributed by atoms with E-state index < -0.39 is 0 Å². The van der Waals surface area contributed by atoms with Gasteiger partial charge in [0.2, 0.25) is 5.91 Å². The third-order valence-corrected chi connectivity index (χ3v) is 4.78. The third-order valence-electron chi connectivity index (χ3n) is 3.66. The molecule has 1 aromatic heterocycles. The number of aryl methyl sites for hydroxylation is 1. The third kappa shape index (κ3) is 6.02. The Kier molecular flexibility index (Phi) is 7.29. The lowest BCUT2D eigenvalue weighted by Gasteiger charge is -2.20. The maximum atomic E-state index is 12.9. The summed E-state index contributed by atoms with van der Waals surface area (Å²) in [5.74, 6) is -0.221. The molecular formula is C19H24FN3O3S. The molecule has 2 aromatic rings. The van der Waals surface area contributed by atoms with Crippen molar-refractivity contribution in [2.24, 2.45) is 0 Å². The van der Waals surface area contributed by atoms with E-state index in [1.165, 1.54) is 40.5 Å². The number of aromatic nitrogens is 1. The number of benzene rings is 1. The molecule has 0 aliphatic carbocycles. The molecule has 0 radical (unpaired) electrons. The Balaban J connectivity index is 2.03. The molecule has 1 heterocycles. The van der Waals surface area contributed by atoms with Crippen molar-refractivity contribution in [3.05, 3.63) is 45.7 Å². The van der Waals surface area contributed by atoms with Gasteiger partial charge in [0.25, 0.3) is 5.91 Å². The van der Waals surface area contributed by atoms with Crippen LogP contribution in [0, 0.1) is 12.7 Å².